The topological polar surface area (TPSA) is 54.0 Å². The van der Waals surface area contributed by atoms with Gasteiger partial charge in [-0.15, -0.1) is 11.3 Å². The minimum Gasteiger partial charge on any atom is -0.355 e. The highest BCUT2D eigenvalue weighted by Gasteiger charge is 2.04. The molecule has 19 heavy (non-hydrogen) atoms. The first-order valence-corrected chi connectivity index (χ1v) is 7.08. The molecule has 0 aliphatic heterocycles. The number of rotatable bonds is 6. The second kappa shape index (κ2) is 7.01. The maximum Gasteiger partial charge on any atom is 0.233 e. The van der Waals surface area contributed by atoms with Crippen LogP contribution in [0.2, 0.25) is 0 Å². The first-order chi connectivity index (χ1) is 9.29. The Morgan fingerprint density at radius 2 is 2.11 bits per heavy atom. The minimum atomic E-state index is 0.0148. The van der Waals surface area contributed by atoms with Gasteiger partial charge in [-0.25, -0.2) is 4.98 Å². The molecule has 1 amide bonds. The Kier molecular flexibility index (Phi) is 5.06. The van der Waals surface area contributed by atoms with E-state index in [9.17, 15) is 4.79 Å². The van der Waals surface area contributed by atoms with Crippen LogP contribution >= 0.6 is 11.3 Å². The number of nitrogens with zero attached hydrogens (tertiary/aromatic N) is 1. The van der Waals surface area contributed by atoms with Gasteiger partial charge in [0.15, 0.2) is 0 Å². The summed E-state index contributed by atoms with van der Waals surface area (Å²) in [5.41, 5.74) is 2.16. The van der Waals surface area contributed by atoms with Crippen molar-refractivity contribution in [3.8, 4) is 10.6 Å². The molecule has 2 aromatic rings. The van der Waals surface area contributed by atoms with Gasteiger partial charge in [-0.1, -0.05) is 30.3 Å². The molecule has 1 aromatic carbocycles. The smallest absolute Gasteiger partial charge is 0.233 e. The van der Waals surface area contributed by atoms with E-state index in [1.165, 1.54) is 0 Å². The van der Waals surface area contributed by atoms with Crippen LogP contribution in [0.15, 0.2) is 35.7 Å². The van der Waals surface area contributed by atoms with Crippen LogP contribution in [0, 0.1) is 0 Å². The Bertz CT molecular complexity index is 524. The predicted octanol–water partition coefficient (Wildman–Crippen LogP) is 1.69. The number of carbonyl (C=O) groups excluding carboxylic acids is 1. The molecule has 0 aliphatic carbocycles. The molecule has 0 unspecified atom stereocenters. The Hall–Kier alpha value is -1.72. The summed E-state index contributed by atoms with van der Waals surface area (Å²) >= 11 is 1.64. The van der Waals surface area contributed by atoms with E-state index in [1.807, 2.05) is 23.6 Å². The third-order valence-electron chi connectivity index (χ3n) is 2.61. The molecule has 2 N–H and O–H groups in total. The number of hydrogen-bond donors (Lipinski definition) is 2. The molecule has 100 valence electrons. The molecule has 0 radical (unpaired) electrons. The molecule has 5 heteroatoms. The number of thiazole rings is 1. The normalized spacial score (nSPS) is 10.4. The van der Waals surface area contributed by atoms with Crippen molar-refractivity contribution in [2.45, 2.75) is 6.42 Å². The molecule has 0 spiro atoms. The molecule has 0 saturated carbocycles. The van der Waals surface area contributed by atoms with Gasteiger partial charge in [0.25, 0.3) is 0 Å². The molecule has 2 rings (SSSR count). The average Bonchev–Trinajstić information content (AvgIpc) is 2.89. The summed E-state index contributed by atoms with van der Waals surface area (Å²) in [5, 5.41) is 8.73. The Morgan fingerprint density at radius 3 is 2.84 bits per heavy atom. The number of carbonyl (C=O) groups is 1. The second-order valence-electron chi connectivity index (χ2n) is 4.14. The van der Waals surface area contributed by atoms with Crippen LogP contribution in [0.5, 0.6) is 0 Å². The van der Waals surface area contributed by atoms with Gasteiger partial charge in [-0.3, -0.25) is 4.79 Å². The van der Waals surface area contributed by atoms with Crippen molar-refractivity contribution in [1.29, 1.82) is 0 Å². The highest BCUT2D eigenvalue weighted by atomic mass is 32.1. The van der Waals surface area contributed by atoms with E-state index in [0.717, 1.165) is 22.7 Å². The molecule has 0 fully saturated rings. The summed E-state index contributed by atoms with van der Waals surface area (Å²) in [6.45, 7) is 0.977. The molecule has 0 atom stereocenters. The monoisotopic (exact) mass is 275 g/mol. The summed E-state index contributed by atoms with van der Waals surface area (Å²) in [6.07, 6.45) is 0.763. The van der Waals surface area contributed by atoms with Crippen LogP contribution in [0.1, 0.15) is 5.69 Å². The van der Waals surface area contributed by atoms with Crippen LogP contribution in [-0.4, -0.2) is 31.0 Å². The van der Waals surface area contributed by atoms with E-state index in [4.69, 9.17) is 0 Å². The highest BCUT2D eigenvalue weighted by Crippen LogP contribution is 2.23. The third kappa shape index (κ3) is 4.15. The Morgan fingerprint density at radius 1 is 1.32 bits per heavy atom. The fourth-order valence-corrected chi connectivity index (χ4v) is 2.55. The molecular formula is C14H17N3OS. The maximum atomic E-state index is 11.3. The van der Waals surface area contributed by atoms with Crippen molar-refractivity contribution in [3.63, 3.8) is 0 Å². The van der Waals surface area contributed by atoms with Gasteiger partial charge < -0.3 is 10.6 Å². The van der Waals surface area contributed by atoms with Crippen molar-refractivity contribution >= 4 is 17.2 Å². The van der Waals surface area contributed by atoms with Gasteiger partial charge in [-0.05, 0) is 7.05 Å². The standard InChI is InChI=1S/C14H17N3OS/c1-15-9-13(18)16-8-7-12-10-19-14(17-12)11-5-3-2-4-6-11/h2-6,10,15H,7-9H2,1H3,(H,16,18). The van der Waals surface area contributed by atoms with E-state index in [1.54, 1.807) is 18.4 Å². The zero-order chi connectivity index (χ0) is 13.5. The van der Waals surface area contributed by atoms with Crippen LogP contribution in [0.25, 0.3) is 10.6 Å². The molecule has 0 saturated heterocycles. The third-order valence-corrected chi connectivity index (χ3v) is 3.55. The number of aromatic nitrogens is 1. The van der Waals surface area contributed by atoms with Crippen molar-refractivity contribution in [2.75, 3.05) is 20.1 Å². The van der Waals surface area contributed by atoms with Gasteiger partial charge in [0.1, 0.15) is 5.01 Å². The lowest BCUT2D eigenvalue weighted by atomic mass is 10.2. The molecular weight excluding hydrogens is 258 g/mol. The number of likely N-dealkylation sites (N-methyl/N-ethyl adjacent to an activating group) is 1. The van der Waals surface area contributed by atoms with Crippen molar-refractivity contribution in [3.05, 3.63) is 41.4 Å². The lowest BCUT2D eigenvalue weighted by Crippen LogP contribution is -2.33. The van der Waals surface area contributed by atoms with Crippen LogP contribution < -0.4 is 10.6 Å². The molecule has 1 heterocycles. The van der Waals surface area contributed by atoms with Crippen LogP contribution in [0.4, 0.5) is 0 Å². The summed E-state index contributed by atoms with van der Waals surface area (Å²) in [5.74, 6) is 0.0148. The van der Waals surface area contributed by atoms with E-state index >= 15 is 0 Å². The van der Waals surface area contributed by atoms with E-state index in [2.05, 4.69) is 27.8 Å². The number of hydrogen-bond acceptors (Lipinski definition) is 4. The maximum absolute atomic E-state index is 11.3. The molecule has 0 bridgehead atoms. The first-order valence-electron chi connectivity index (χ1n) is 6.20. The number of nitrogens with one attached hydrogen (secondary N) is 2. The van der Waals surface area contributed by atoms with Crippen molar-refractivity contribution in [1.82, 2.24) is 15.6 Å². The lowest BCUT2D eigenvalue weighted by Gasteiger charge is -2.02. The van der Waals surface area contributed by atoms with Crippen molar-refractivity contribution in [2.24, 2.45) is 0 Å². The molecule has 4 nitrogen and oxygen atoms in total. The lowest BCUT2D eigenvalue weighted by molar-refractivity contribution is -0.120. The van der Waals surface area contributed by atoms with Gasteiger partial charge in [0.05, 0.1) is 12.2 Å². The van der Waals surface area contributed by atoms with Crippen LogP contribution in [0.3, 0.4) is 0 Å². The zero-order valence-electron chi connectivity index (χ0n) is 10.8. The quantitative estimate of drug-likeness (QED) is 0.843. The van der Waals surface area contributed by atoms with Gasteiger partial charge >= 0.3 is 0 Å². The highest BCUT2D eigenvalue weighted by molar-refractivity contribution is 7.13. The Balaban J connectivity index is 1.86. The SMILES string of the molecule is CNCC(=O)NCCc1csc(-c2ccccc2)n1. The summed E-state index contributed by atoms with van der Waals surface area (Å²) in [7, 11) is 1.76. The van der Waals surface area contributed by atoms with E-state index < -0.39 is 0 Å². The molecule has 0 aliphatic rings. The Labute approximate surface area is 116 Å². The molecule has 1 aromatic heterocycles. The fourth-order valence-electron chi connectivity index (χ4n) is 1.69. The average molecular weight is 275 g/mol. The zero-order valence-corrected chi connectivity index (χ0v) is 11.7. The largest absolute Gasteiger partial charge is 0.355 e. The fraction of sp³-hybridized carbons (Fsp3) is 0.286. The van der Waals surface area contributed by atoms with Gasteiger partial charge in [-0.2, -0.15) is 0 Å². The number of benzene rings is 1. The van der Waals surface area contributed by atoms with Crippen LogP contribution in [-0.2, 0) is 11.2 Å². The predicted molar refractivity (Wildman–Crippen MR) is 78.2 cm³/mol. The summed E-state index contributed by atoms with van der Waals surface area (Å²) < 4.78 is 0. The second-order valence-corrected chi connectivity index (χ2v) is 5.00. The number of amides is 1. The van der Waals surface area contributed by atoms with Crippen molar-refractivity contribution < 1.29 is 4.79 Å². The first kappa shape index (κ1) is 13.7. The summed E-state index contributed by atoms with van der Waals surface area (Å²) in [4.78, 5) is 15.8. The van der Waals surface area contributed by atoms with Gasteiger partial charge in [0.2, 0.25) is 5.91 Å². The minimum absolute atomic E-state index is 0.0148. The van der Waals surface area contributed by atoms with E-state index in [0.29, 0.717) is 13.1 Å². The van der Waals surface area contributed by atoms with E-state index in [-0.39, 0.29) is 5.91 Å². The van der Waals surface area contributed by atoms with Gasteiger partial charge in [0, 0.05) is 23.9 Å². The summed E-state index contributed by atoms with van der Waals surface area (Å²) in [6, 6.07) is 10.1.